The second-order valence-electron chi connectivity index (χ2n) is 6.20. The van der Waals surface area contributed by atoms with Crippen molar-refractivity contribution < 1.29 is 22.7 Å². The first-order valence-corrected chi connectivity index (χ1v) is 10.1. The summed E-state index contributed by atoms with van der Waals surface area (Å²) in [5.41, 5.74) is 0.974. The maximum Gasteiger partial charge on any atom is 0.337 e. The molecule has 3 aromatic rings. The number of hydrogen-bond acceptors (Lipinski definition) is 5. The summed E-state index contributed by atoms with van der Waals surface area (Å²) in [6.45, 7) is 2.01. The molecule has 8 heteroatoms. The maximum absolute atomic E-state index is 12.7. The lowest BCUT2D eigenvalue weighted by Crippen LogP contribution is -2.27. The highest BCUT2D eigenvalue weighted by atomic mass is 32.2. The van der Waals surface area contributed by atoms with Crippen molar-refractivity contribution in [1.82, 2.24) is 4.72 Å². The van der Waals surface area contributed by atoms with Gasteiger partial charge < -0.3 is 14.8 Å². The van der Waals surface area contributed by atoms with E-state index in [2.05, 4.69) is 10.0 Å². The number of anilines is 1. The van der Waals surface area contributed by atoms with Gasteiger partial charge in [0.15, 0.2) is 0 Å². The first-order chi connectivity index (χ1) is 13.4. The topological polar surface area (TPSA) is 109 Å². The lowest BCUT2D eigenvalue weighted by atomic mass is 10.1. The largest absolute Gasteiger partial charge is 0.478 e. The number of carboxylic acid groups (broad SMARTS) is 1. The average molecular weight is 400 g/mol. The number of furan rings is 1. The van der Waals surface area contributed by atoms with Gasteiger partial charge in [0.1, 0.15) is 5.76 Å². The van der Waals surface area contributed by atoms with E-state index in [9.17, 15) is 18.3 Å². The fourth-order valence-electron chi connectivity index (χ4n) is 2.73. The van der Waals surface area contributed by atoms with Gasteiger partial charge in [-0.1, -0.05) is 30.3 Å². The minimum absolute atomic E-state index is 0.115. The van der Waals surface area contributed by atoms with Crippen LogP contribution in [0.5, 0.6) is 0 Å². The van der Waals surface area contributed by atoms with Gasteiger partial charge in [0.05, 0.1) is 23.3 Å². The number of hydrogen-bond donors (Lipinski definition) is 3. The van der Waals surface area contributed by atoms with Crippen molar-refractivity contribution >= 4 is 21.7 Å². The second-order valence-corrected chi connectivity index (χ2v) is 7.91. The van der Waals surface area contributed by atoms with Crippen LogP contribution in [0.3, 0.4) is 0 Å². The highest BCUT2D eigenvalue weighted by molar-refractivity contribution is 7.89. The van der Waals surface area contributed by atoms with Crippen molar-refractivity contribution in [1.29, 1.82) is 0 Å². The zero-order valence-electron chi connectivity index (χ0n) is 15.1. The van der Waals surface area contributed by atoms with E-state index in [1.807, 2.05) is 30.3 Å². The highest BCUT2D eigenvalue weighted by Crippen LogP contribution is 2.23. The van der Waals surface area contributed by atoms with Gasteiger partial charge in [0, 0.05) is 11.7 Å². The number of benzene rings is 2. The van der Waals surface area contributed by atoms with Crippen molar-refractivity contribution in [3.63, 3.8) is 0 Å². The number of sulfonamides is 1. The van der Waals surface area contributed by atoms with E-state index in [4.69, 9.17) is 4.42 Å². The van der Waals surface area contributed by atoms with Crippen molar-refractivity contribution in [3.8, 4) is 0 Å². The molecular formula is C20H20N2O5S. The van der Waals surface area contributed by atoms with Crippen LogP contribution < -0.4 is 10.0 Å². The Morgan fingerprint density at radius 2 is 1.86 bits per heavy atom. The summed E-state index contributed by atoms with van der Waals surface area (Å²) in [4.78, 5) is 11.5. The van der Waals surface area contributed by atoms with Crippen LogP contribution in [0.1, 0.15) is 34.6 Å². The fraction of sp³-hybridized carbons (Fsp3) is 0.150. The summed E-state index contributed by atoms with van der Waals surface area (Å²) in [6, 6.07) is 16.1. The molecule has 0 aliphatic carbocycles. The van der Waals surface area contributed by atoms with E-state index in [1.165, 1.54) is 18.4 Å². The van der Waals surface area contributed by atoms with Crippen LogP contribution in [0.4, 0.5) is 5.69 Å². The first kappa shape index (κ1) is 19.7. The molecule has 0 spiro atoms. The van der Waals surface area contributed by atoms with Gasteiger partial charge in [-0.15, -0.1) is 0 Å². The zero-order valence-corrected chi connectivity index (χ0v) is 15.9. The van der Waals surface area contributed by atoms with Gasteiger partial charge in [-0.05, 0) is 42.8 Å². The molecule has 3 rings (SSSR count). The Morgan fingerprint density at radius 1 is 1.11 bits per heavy atom. The van der Waals surface area contributed by atoms with Crippen LogP contribution in [0.2, 0.25) is 0 Å². The van der Waals surface area contributed by atoms with Gasteiger partial charge in [0.2, 0.25) is 10.0 Å². The third-order valence-corrected chi connectivity index (χ3v) is 5.73. The molecule has 0 unspecified atom stereocenters. The van der Waals surface area contributed by atoms with Gasteiger partial charge in [-0.25, -0.2) is 17.9 Å². The summed E-state index contributed by atoms with van der Waals surface area (Å²) in [7, 11) is -3.90. The van der Waals surface area contributed by atoms with Crippen molar-refractivity contribution in [2.75, 3.05) is 5.32 Å². The molecule has 1 aromatic heterocycles. The predicted octanol–water partition coefficient (Wildman–Crippen LogP) is 3.63. The van der Waals surface area contributed by atoms with Gasteiger partial charge in [-0.2, -0.15) is 0 Å². The molecule has 2 aromatic carbocycles. The SMILES string of the molecule is C[C@@H](NS(=O)(=O)c1ccc(NCc2ccco2)c(C(=O)O)c1)c1ccccc1. The minimum atomic E-state index is -3.90. The molecule has 146 valence electrons. The molecule has 0 bridgehead atoms. The summed E-state index contributed by atoms with van der Waals surface area (Å²) in [5.74, 6) is -0.596. The lowest BCUT2D eigenvalue weighted by molar-refractivity contribution is 0.0697. The molecule has 28 heavy (non-hydrogen) atoms. The van der Waals surface area contributed by atoms with Crippen LogP contribution in [0.15, 0.2) is 76.2 Å². The van der Waals surface area contributed by atoms with Crippen LogP contribution in [-0.2, 0) is 16.6 Å². The average Bonchev–Trinajstić information content (AvgIpc) is 3.20. The molecule has 0 saturated heterocycles. The van der Waals surface area contributed by atoms with Gasteiger partial charge in [0.25, 0.3) is 0 Å². The number of rotatable bonds is 8. The Labute approximate surface area is 163 Å². The number of aromatic carboxylic acids is 1. The van der Waals surface area contributed by atoms with Gasteiger partial charge >= 0.3 is 5.97 Å². The van der Waals surface area contributed by atoms with Crippen molar-refractivity contribution in [2.45, 2.75) is 24.4 Å². The molecule has 3 N–H and O–H groups in total. The number of nitrogens with one attached hydrogen (secondary N) is 2. The van der Waals surface area contributed by atoms with E-state index in [1.54, 1.807) is 19.1 Å². The third-order valence-electron chi connectivity index (χ3n) is 4.20. The highest BCUT2D eigenvalue weighted by Gasteiger charge is 2.21. The molecule has 1 atom stereocenters. The van der Waals surface area contributed by atoms with Crippen LogP contribution in [-0.4, -0.2) is 19.5 Å². The van der Waals surface area contributed by atoms with Crippen LogP contribution in [0, 0.1) is 0 Å². The maximum atomic E-state index is 12.7. The molecule has 0 saturated carbocycles. The molecular weight excluding hydrogens is 380 g/mol. The van der Waals surface area contributed by atoms with E-state index in [0.29, 0.717) is 11.4 Å². The van der Waals surface area contributed by atoms with Crippen LogP contribution >= 0.6 is 0 Å². The molecule has 7 nitrogen and oxygen atoms in total. The quantitative estimate of drug-likeness (QED) is 0.533. The smallest absolute Gasteiger partial charge is 0.337 e. The van der Waals surface area contributed by atoms with E-state index >= 15 is 0 Å². The lowest BCUT2D eigenvalue weighted by Gasteiger charge is -2.16. The summed E-state index contributed by atoms with van der Waals surface area (Å²) < 4.78 is 33.2. The Hall–Kier alpha value is -3.10. The predicted molar refractivity (Wildman–Crippen MR) is 105 cm³/mol. The normalized spacial score (nSPS) is 12.5. The summed E-state index contributed by atoms with van der Waals surface area (Å²) >= 11 is 0. The molecule has 0 fully saturated rings. The Kier molecular flexibility index (Phi) is 5.81. The number of carbonyl (C=O) groups is 1. The Morgan fingerprint density at radius 3 is 2.50 bits per heavy atom. The summed E-state index contributed by atoms with van der Waals surface area (Å²) in [5, 5.41) is 12.4. The summed E-state index contributed by atoms with van der Waals surface area (Å²) in [6.07, 6.45) is 1.52. The van der Waals surface area contributed by atoms with E-state index in [0.717, 1.165) is 11.6 Å². The molecule has 0 amide bonds. The second kappa shape index (κ2) is 8.28. The van der Waals surface area contributed by atoms with E-state index in [-0.39, 0.29) is 17.0 Å². The molecule has 0 aliphatic rings. The fourth-order valence-corrected chi connectivity index (χ4v) is 3.99. The Bertz CT molecular complexity index is 1050. The Balaban J connectivity index is 1.82. The number of carboxylic acids is 1. The molecule has 0 radical (unpaired) electrons. The molecule has 0 aliphatic heterocycles. The van der Waals surface area contributed by atoms with Gasteiger partial charge in [-0.3, -0.25) is 0 Å². The van der Waals surface area contributed by atoms with Crippen molar-refractivity contribution in [2.24, 2.45) is 0 Å². The first-order valence-electron chi connectivity index (χ1n) is 8.58. The van der Waals surface area contributed by atoms with Crippen molar-refractivity contribution in [3.05, 3.63) is 83.8 Å². The third kappa shape index (κ3) is 4.59. The monoisotopic (exact) mass is 400 g/mol. The molecule has 1 heterocycles. The standard InChI is InChI=1S/C20H20N2O5S/c1-14(15-6-3-2-4-7-15)22-28(25,26)17-9-10-19(18(12-17)20(23)24)21-13-16-8-5-11-27-16/h2-12,14,21-22H,13H2,1H3,(H,23,24)/t14-/m1/s1. The van der Waals surface area contributed by atoms with E-state index < -0.39 is 22.0 Å². The minimum Gasteiger partial charge on any atom is -0.478 e. The zero-order chi connectivity index (χ0) is 20.1. The van der Waals surface area contributed by atoms with Crippen LogP contribution in [0.25, 0.3) is 0 Å².